The van der Waals surface area contributed by atoms with Gasteiger partial charge in [0.15, 0.2) is 5.28 Å². The maximum Gasteiger partial charge on any atom is 0.377 e. The molecule has 6 nitrogen and oxygen atoms in total. The van der Waals surface area contributed by atoms with Gasteiger partial charge < -0.3 is 15.5 Å². The van der Waals surface area contributed by atoms with Gasteiger partial charge >= 0.3 is 5.97 Å². The first-order chi connectivity index (χ1) is 5.00. The van der Waals surface area contributed by atoms with Crippen LogP contribution in [0.4, 0.5) is 0 Å². The summed E-state index contributed by atoms with van der Waals surface area (Å²) in [7, 11) is 0. The Bertz CT molecular complexity index is 177. The number of carboxylic acids is 1. The van der Waals surface area contributed by atoms with Gasteiger partial charge in [0, 0.05) is 5.92 Å². The van der Waals surface area contributed by atoms with E-state index in [0.717, 1.165) is 0 Å². The third kappa shape index (κ3) is 2.40. The van der Waals surface area contributed by atoms with Crippen LogP contribution in [0.3, 0.4) is 0 Å². The molecule has 0 amide bonds. The standard InChI is InChI=1S/C5H10N2O4/c1-3(2)4(5(8)9)7(11)6-10/h3-4,10H,1-2H3,(H,8,9)/b7-6-. The van der Waals surface area contributed by atoms with Gasteiger partial charge in [0.2, 0.25) is 0 Å². The molecule has 0 radical (unpaired) electrons. The molecule has 1 atom stereocenters. The summed E-state index contributed by atoms with van der Waals surface area (Å²) in [6.45, 7) is 3.10. The van der Waals surface area contributed by atoms with Crippen molar-refractivity contribution in [1.29, 1.82) is 0 Å². The van der Waals surface area contributed by atoms with E-state index in [1.165, 1.54) is 0 Å². The van der Waals surface area contributed by atoms with Crippen molar-refractivity contribution in [3.63, 3.8) is 0 Å². The molecule has 0 fully saturated rings. The highest BCUT2D eigenvalue weighted by molar-refractivity contribution is 5.72. The van der Waals surface area contributed by atoms with Gasteiger partial charge in [0.1, 0.15) is 0 Å². The Hall–Kier alpha value is -1.33. The van der Waals surface area contributed by atoms with Gasteiger partial charge in [-0.05, 0) is 4.86 Å². The minimum absolute atomic E-state index is 0.229. The van der Waals surface area contributed by atoms with Crippen molar-refractivity contribution >= 4 is 5.97 Å². The summed E-state index contributed by atoms with van der Waals surface area (Å²) >= 11 is 0. The highest BCUT2D eigenvalue weighted by atomic mass is 16.6. The summed E-state index contributed by atoms with van der Waals surface area (Å²) in [5.74, 6) is -1.70. The fourth-order valence-electron chi connectivity index (χ4n) is 0.690. The Morgan fingerprint density at radius 3 is 2.18 bits per heavy atom. The summed E-state index contributed by atoms with van der Waals surface area (Å²) in [6.07, 6.45) is 0. The molecule has 0 aromatic heterocycles. The van der Waals surface area contributed by atoms with Crippen LogP contribution in [0.2, 0.25) is 0 Å². The van der Waals surface area contributed by atoms with Crippen LogP contribution in [0.1, 0.15) is 13.8 Å². The molecule has 0 aliphatic carbocycles. The predicted octanol–water partition coefficient (Wildman–Crippen LogP) is 0.447. The Labute approximate surface area is 63.3 Å². The molecule has 1 unspecified atom stereocenters. The molecule has 11 heavy (non-hydrogen) atoms. The number of rotatable bonds is 3. The third-order valence-corrected chi connectivity index (χ3v) is 1.21. The summed E-state index contributed by atoms with van der Waals surface area (Å²) in [5.41, 5.74) is 0. The number of aliphatic carboxylic acids is 1. The summed E-state index contributed by atoms with van der Waals surface area (Å²) in [5, 5.41) is 29.2. The van der Waals surface area contributed by atoms with E-state index in [4.69, 9.17) is 10.3 Å². The molecule has 0 aliphatic rings. The van der Waals surface area contributed by atoms with Crippen LogP contribution in [0.15, 0.2) is 5.28 Å². The van der Waals surface area contributed by atoms with Crippen LogP contribution in [0.5, 0.6) is 0 Å². The van der Waals surface area contributed by atoms with E-state index in [-0.39, 0.29) is 4.86 Å². The average Bonchev–Trinajstić information content (AvgIpc) is 1.85. The lowest BCUT2D eigenvalue weighted by Crippen LogP contribution is -2.34. The van der Waals surface area contributed by atoms with E-state index in [1.807, 2.05) is 0 Å². The number of hydrogen-bond donors (Lipinski definition) is 2. The molecule has 0 saturated carbocycles. The van der Waals surface area contributed by atoms with Gasteiger partial charge in [-0.25, -0.2) is 4.79 Å². The lowest BCUT2D eigenvalue weighted by atomic mass is 10.1. The molecule has 0 aromatic carbocycles. The Morgan fingerprint density at radius 2 is 2.09 bits per heavy atom. The van der Waals surface area contributed by atoms with Crippen LogP contribution in [0, 0.1) is 11.1 Å². The van der Waals surface area contributed by atoms with Gasteiger partial charge in [0.25, 0.3) is 6.04 Å². The molecule has 0 bridgehead atoms. The third-order valence-electron chi connectivity index (χ3n) is 1.21. The van der Waals surface area contributed by atoms with E-state index >= 15 is 0 Å². The summed E-state index contributed by atoms with van der Waals surface area (Å²) in [6, 6.07) is -1.32. The maximum atomic E-state index is 10.5. The minimum atomic E-state index is -1.32. The van der Waals surface area contributed by atoms with Crippen molar-refractivity contribution in [1.82, 2.24) is 0 Å². The number of hydrogen-bond acceptors (Lipinski definition) is 3. The fourth-order valence-corrected chi connectivity index (χ4v) is 0.690. The van der Waals surface area contributed by atoms with Crippen LogP contribution < -0.4 is 0 Å². The summed E-state index contributed by atoms with van der Waals surface area (Å²) in [4.78, 5) is 10.1. The van der Waals surface area contributed by atoms with Crippen molar-refractivity contribution in [3.05, 3.63) is 5.21 Å². The number of carbonyl (C=O) groups is 1. The molecule has 6 heteroatoms. The zero-order valence-corrected chi connectivity index (χ0v) is 6.26. The fraction of sp³-hybridized carbons (Fsp3) is 0.800. The van der Waals surface area contributed by atoms with Crippen molar-refractivity contribution in [2.75, 3.05) is 0 Å². The normalized spacial score (nSPS) is 15.0. The van der Waals surface area contributed by atoms with E-state index in [9.17, 15) is 10.0 Å². The van der Waals surface area contributed by atoms with E-state index < -0.39 is 17.9 Å². The van der Waals surface area contributed by atoms with E-state index in [0.29, 0.717) is 0 Å². The van der Waals surface area contributed by atoms with Crippen molar-refractivity contribution in [3.8, 4) is 0 Å². The molecule has 0 rings (SSSR count). The first kappa shape index (κ1) is 9.67. The van der Waals surface area contributed by atoms with Crippen LogP contribution in [-0.4, -0.2) is 27.2 Å². The molecule has 2 N–H and O–H groups in total. The quantitative estimate of drug-likeness (QED) is 0.357. The van der Waals surface area contributed by atoms with Crippen LogP contribution >= 0.6 is 0 Å². The molecular formula is C5H10N2O4. The van der Waals surface area contributed by atoms with Crippen LogP contribution in [0.25, 0.3) is 0 Å². The SMILES string of the molecule is CC(C)C(C(=O)O)/[N+]([O-])=N/O. The summed E-state index contributed by atoms with van der Waals surface area (Å²) < 4.78 is 0. The average molecular weight is 162 g/mol. The molecular weight excluding hydrogens is 152 g/mol. The largest absolute Gasteiger partial charge is 0.597 e. The lowest BCUT2D eigenvalue weighted by Gasteiger charge is -2.10. The van der Waals surface area contributed by atoms with Crippen molar-refractivity contribution in [2.45, 2.75) is 19.9 Å². The monoisotopic (exact) mass is 162 g/mol. The van der Waals surface area contributed by atoms with E-state index in [1.54, 1.807) is 13.8 Å². The smallest absolute Gasteiger partial charge is 0.377 e. The highest BCUT2D eigenvalue weighted by Gasteiger charge is 2.31. The number of carboxylic acid groups (broad SMARTS) is 1. The molecule has 64 valence electrons. The van der Waals surface area contributed by atoms with Gasteiger partial charge in [0.05, 0.1) is 0 Å². The second-order valence-corrected chi connectivity index (χ2v) is 2.42. The zero-order valence-electron chi connectivity index (χ0n) is 6.26. The molecule has 0 aromatic rings. The zero-order chi connectivity index (χ0) is 9.02. The maximum absolute atomic E-state index is 10.5. The van der Waals surface area contributed by atoms with Crippen molar-refractivity contribution < 1.29 is 20.0 Å². The number of nitrogens with zero attached hydrogens (tertiary/aromatic N) is 2. The Kier molecular flexibility index (Phi) is 3.29. The number of hydroxylamine groups is 1. The predicted molar refractivity (Wildman–Crippen MR) is 34.1 cm³/mol. The molecule has 0 spiro atoms. The Morgan fingerprint density at radius 1 is 1.64 bits per heavy atom. The second-order valence-electron chi connectivity index (χ2n) is 2.42. The van der Waals surface area contributed by atoms with Gasteiger partial charge in [-0.2, -0.15) is 0 Å². The molecule has 0 saturated heterocycles. The topological polar surface area (TPSA) is 96.0 Å². The van der Waals surface area contributed by atoms with Crippen LogP contribution in [-0.2, 0) is 4.79 Å². The Balaban J connectivity index is 4.48. The highest BCUT2D eigenvalue weighted by Crippen LogP contribution is 2.05. The first-order valence-electron chi connectivity index (χ1n) is 3.05. The van der Waals surface area contributed by atoms with Gasteiger partial charge in [-0.1, -0.05) is 13.8 Å². The van der Waals surface area contributed by atoms with E-state index in [2.05, 4.69) is 5.28 Å². The lowest BCUT2D eigenvalue weighted by molar-refractivity contribution is -0.586. The second kappa shape index (κ2) is 3.75. The molecule has 0 heterocycles. The minimum Gasteiger partial charge on any atom is -0.597 e. The van der Waals surface area contributed by atoms with Crippen molar-refractivity contribution in [2.24, 2.45) is 11.2 Å². The first-order valence-corrected chi connectivity index (χ1v) is 3.05. The van der Waals surface area contributed by atoms with Gasteiger partial charge in [-0.3, -0.25) is 0 Å². The van der Waals surface area contributed by atoms with Gasteiger partial charge in [-0.15, -0.1) is 0 Å². The molecule has 0 aliphatic heterocycles.